The summed E-state index contributed by atoms with van der Waals surface area (Å²) in [7, 11) is 0. The third-order valence-electron chi connectivity index (χ3n) is 1.52. The second kappa shape index (κ2) is 2.27. The van der Waals surface area contributed by atoms with Crippen molar-refractivity contribution in [3.63, 3.8) is 0 Å². The van der Waals surface area contributed by atoms with Gasteiger partial charge in [0.2, 0.25) is 0 Å². The van der Waals surface area contributed by atoms with Gasteiger partial charge < -0.3 is 0 Å². The van der Waals surface area contributed by atoms with Gasteiger partial charge in [0.15, 0.2) is 0 Å². The quantitative estimate of drug-likeness (QED) is 0.609. The van der Waals surface area contributed by atoms with Gasteiger partial charge in [-0.25, -0.2) is 4.99 Å². The molecule has 1 aliphatic rings. The lowest BCUT2D eigenvalue weighted by molar-refractivity contribution is -0.112. The van der Waals surface area contributed by atoms with E-state index in [0.717, 1.165) is 15.0 Å². The number of carbonyl (C=O) groups is 1. The van der Waals surface area contributed by atoms with Crippen molar-refractivity contribution in [1.29, 1.82) is 0 Å². The van der Waals surface area contributed by atoms with Gasteiger partial charge in [0.05, 0.1) is 5.36 Å². The van der Waals surface area contributed by atoms with Crippen molar-refractivity contribution in [2.24, 2.45) is 4.99 Å². The van der Waals surface area contributed by atoms with Crippen LogP contribution in [0.4, 0.5) is 0 Å². The maximum Gasteiger partial charge on any atom is 0.270 e. The summed E-state index contributed by atoms with van der Waals surface area (Å²) in [6.45, 7) is 0. The Morgan fingerprint density at radius 3 is 2.91 bits per heavy atom. The van der Waals surface area contributed by atoms with Crippen LogP contribution in [0.2, 0.25) is 0 Å². The lowest BCUT2D eigenvalue weighted by Gasteiger charge is -1.85. The van der Waals surface area contributed by atoms with E-state index >= 15 is 0 Å². The first-order valence-corrected chi connectivity index (χ1v) is 3.95. The molecule has 1 amide bonds. The van der Waals surface area contributed by atoms with Crippen molar-refractivity contribution in [3.8, 4) is 0 Å². The summed E-state index contributed by atoms with van der Waals surface area (Å²) in [5.74, 6) is -0.174. The number of carbonyl (C=O) groups excluding carboxylic acids is 1. The van der Waals surface area contributed by atoms with Crippen LogP contribution in [-0.2, 0) is 4.79 Å². The molecule has 11 heavy (non-hydrogen) atoms. The zero-order chi connectivity index (χ0) is 7.84. The molecular formula is C8H4BrNO. The lowest BCUT2D eigenvalue weighted by atomic mass is 10.3. The topological polar surface area (TPSA) is 29.4 Å². The molecule has 0 saturated carbocycles. The van der Waals surface area contributed by atoms with E-state index in [2.05, 4.69) is 20.9 Å². The highest BCUT2D eigenvalue weighted by Crippen LogP contribution is 2.00. The fourth-order valence-corrected chi connectivity index (χ4v) is 1.51. The van der Waals surface area contributed by atoms with E-state index in [9.17, 15) is 4.79 Å². The molecule has 0 saturated heterocycles. The van der Waals surface area contributed by atoms with Crippen molar-refractivity contribution in [3.05, 3.63) is 33.2 Å². The molecule has 1 aliphatic heterocycles. The number of rotatable bonds is 0. The van der Waals surface area contributed by atoms with Crippen molar-refractivity contribution >= 4 is 27.9 Å². The van der Waals surface area contributed by atoms with Gasteiger partial charge in [-0.2, -0.15) is 0 Å². The Kier molecular flexibility index (Phi) is 1.39. The highest BCUT2D eigenvalue weighted by atomic mass is 79.9. The largest absolute Gasteiger partial charge is 0.270 e. The van der Waals surface area contributed by atoms with E-state index in [1.54, 1.807) is 0 Å². The molecule has 0 N–H and O–H groups in total. The summed E-state index contributed by atoms with van der Waals surface area (Å²) in [6, 6.07) is 5.62. The highest BCUT2D eigenvalue weighted by Gasteiger charge is 2.04. The number of fused-ring (bicyclic) bond motifs is 1. The minimum Gasteiger partial charge on any atom is -0.267 e. The third kappa shape index (κ3) is 1.01. The zero-order valence-corrected chi connectivity index (χ0v) is 7.13. The molecule has 0 spiro atoms. The number of nitrogens with zero attached hydrogens (tertiary/aromatic N) is 1. The normalized spacial score (nSPS) is 13.7. The van der Waals surface area contributed by atoms with Gasteiger partial charge in [0, 0.05) is 15.8 Å². The first-order chi connectivity index (χ1) is 5.27. The number of hydrogen-bond donors (Lipinski definition) is 0. The summed E-state index contributed by atoms with van der Waals surface area (Å²) in [6.07, 6.45) is 1.53. The molecule has 2 nitrogen and oxygen atoms in total. The molecule has 3 heteroatoms. The van der Waals surface area contributed by atoms with Crippen LogP contribution in [0.1, 0.15) is 0 Å². The second-order valence-electron chi connectivity index (χ2n) is 2.27. The molecule has 0 aliphatic carbocycles. The van der Waals surface area contributed by atoms with Crippen LogP contribution < -0.4 is 10.6 Å². The lowest BCUT2D eigenvalue weighted by Crippen LogP contribution is -2.21. The standard InChI is InChI=1S/C8H4BrNO/c9-6-3-1-2-5-4-7(11)10-8(5)6/h1-4H. The average molecular weight is 210 g/mol. The Labute approximate surface area is 71.4 Å². The third-order valence-corrected chi connectivity index (χ3v) is 2.16. The van der Waals surface area contributed by atoms with Crippen LogP contribution in [0, 0.1) is 0 Å². The molecular weight excluding hydrogens is 206 g/mol. The van der Waals surface area contributed by atoms with Crippen LogP contribution in [0.25, 0.3) is 6.08 Å². The Hall–Kier alpha value is -0.960. The van der Waals surface area contributed by atoms with E-state index in [1.165, 1.54) is 6.08 Å². The molecule has 0 radical (unpaired) electrons. The van der Waals surface area contributed by atoms with Crippen LogP contribution in [-0.4, -0.2) is 5.91 Å². The first-order valence-electron chi connectivity index (χ1n) is 3.16. The highest BCUT2D eigenvalue weighted by molar-refractivity contribution is 9.10. The van der Waals surface area contributed by atoms with Crippen molar-refractivity contribution in [2.75, 3.05) is 0 Å². The summed E-state index contributed by atoms with van der Waals surface area (Å²) >= 11 is 3.31. The maximum absolute atomic E-state index is 10.8. The molecule has 1 heterocycles. The Bertz CT molecular complexity index is 436. The second-order valence-corrected chi connectivity index (χ2v) is 3.13. The summed E-state index contributed by atoms with van der Waals surface area (Å²) in [5, 5.41) is 1.64. The van der Waals surface area contributed by atoms with Gasteiger partial charge >= 0.3 is 0 Å². The number of hydrogen-bond acceptors (Lipinski definition) is 1. The number of benzene rings is 1. The van der Waals surface area contributed by atoms with Crippen LogP contribution >= 0.6 is 15.9 Å². The number of halogens is 1. The van der Waals surface area contributed by atoms with Gasteiger partial charge in [0.1, 0.15) is 0 Å². The van der Waals surface area contributed by atoms with Crippen molar-refractivity contribution < 1.29 is 4.79 Å². The smallest absolute Gasteiger partial charge is 0.267 e. The van der Waals surface area contributed by atoms with Gasteiger partial charge in [-0.15, -0.1) is 0 Å². The molecule has 1 aromatic carbocycles. The van der Waals surface area contributed by atoms with Gasteiger partial charge in [-0.1, -0.05) is 12.1 Å². The average Bonchev–Trinajstić information content (AvgIpc) is 2.31. The Balaban J connectivity index is 2.97. The molecule has 2 rings (SSSR count). The van der Waals surface area contributed by atoms with E-state index in [4.69, 9.17) is 0 Å². The monoisotopic (exact) mass is 209 g/mol. The number of amides is 1. The fourth-order valence-electron chi connectivity index (χ4n) is 1.04. The van der Waals surface area contributed by atoms with E-state index < -0.39 is 0 Å². The van der Waals surface area contributed by atoms with Gasteiger partial charge in [-0.05, 0) is 22.0 Å². The van der Waals surface area contributed by atoms with Crippen LogP contribution in [0.5, 0.6) is 0 Å². The van der Waals surface area contributed by atoms with E-state index in [-0.39, 0.29) is 5.91 Å². The van der Waals surface area contributed by atoms with Crippen LogP contribution in [0.15, 0.2) is 27.7 Å². The van der Waals surface area contributed by atoms with Crippen molar-refractivity contribution in [1.82, 2.24) is 0 Å². The van der Waals surface area contributed by atoms with E-state index in [0.29, 0.717) is 0 Å². The molecule has 54 valence electrons. The predicted molar refractivity (Wildman–Crippen MR) is 44.4 cm³/mol. The summed E-state index contributed by atoms with van der Waals surface area (Å²) in [4.78, 5) is 14.6. The molecule has 1 aromatic rings. The van der Waals surface area contributed by atoms with Gasteiger partial charge in [-0.3, -0.25) is 4.79 Å². The SMILES string of the molecule is O=C1C=c2cccc(Br)c2=N1. The molecule has 0 aromatic heterocycles. The Morgan fingerprint density at radius 1 is 1.36 bits per heavy atom. The molecule has 0 fully saturated rings. The molecule has 0 atom stereocenters. The Morgan fingerprint density at radius 2 is 2.18 bits per heavy atom. The van der Waals surface area contributed by atoms with Crippen molar-refractivity contribution in [2.45, 2.75) is 0 Å². The fraction of sp³-hybridized carbons (Fsp3) is 0. The predicted octanol–water partition coefficient (Wildman–Crippen LogP) is 0.389. The summed E-state index contributed by atoms with van der Waals surface area (Å²) < 4.78 is 0.872. The number of para-hydroxylation sites is 1. The first kappa shape index (κ1) is 6.73. The minimum atomic E-state index is -0.174. The zero-order valence-electron chi connectivity index (χ0n) is 5.54. The van der Waals surface area contributed by atoms with E-state index in [1.807, 2.05) is 18.2 Å². The van der Waals surface area contributed by atoms with Gasteiger partial charge in [0.25, 0.3) is 5.91 Å². The minimum absolute atomic E-state index is 0.174. The van der Waals surface area contributed by atoms with Crippen LogP contribution in [0.3, 0.4) is 0 Å². The summed E-state index contributed by atoms with van der Waals surface area (Å²) in [5.41, 5.74) is 0. The molecule has 0 bridgehead atoms. The maximum atomic E-state index is 10.8. The molecule has 0 unspecified atom stereocenters.